The molecule has 0 saturated carbocycles. The Morgan fingerprint density at radius 2 is 1.53 bits per heavy atom. The molecule has 2 aromatic rings. The zero-order valence-electron chi connectivity index (χ0n) is 19.9. The van der Waals surface area contributed by atoms with Crippen LogP contribution in [0.3, 0.4) is 0 Å². The van der Waals surface area contributed by atoms with Crippen molar-refractivity contribution in [2.75, 3.05) is 0 Å². The van der Waals surface area contributed by atoms with E-state index < -0.39 is 5.54 Å². The molecule has 0 aliphatic carbocycles. The van der Waals surface area contributed by atoms with E-state index in [0.717, 1.165) is 12.8 Å². The monoisotopic (exact) mass is 462 g/mol. The lowest BCUT2D eigenvalue weighted by molar-refractivity contribution is -0.727. The maximum Gasteiger partial charge on any atom is 0.308 e. The molecule has 6 heteroatoms. The first-order chi connectivity index (χ1) is 14.9. The van der Waals surface area contributed by atoms with E-state index >= 15 is 0 Å². The number of ether oxygens (including phenoxy) is 1. The van der Waals surface area contributed by atoms with Crippen molar-refractivity contribution in [3.8, 4) is 0 Å². The minimum Gasteiger partial charge on any atom is -1.00 e. The fourth-order valence-corrected chi connectivity index (χ4v) is 3.66. The van der Waals surface area contributed by atoms with Gasteiger partial charge in [-0.05, 0) is 20.3 Å². The molecule has 0 saturated heterocycles. The first kappa shape index (κ1) is 27.9. The summed E-state index contributed by atoms with van der Waals surface area (Å²) < 4.78 is 9.04. The molecule has 0 unspecified atom stereocenters. The number of rotatable bonds is 15. The van der Waals surface area contributed by atoms with Crippen LogP contribution < -0.4 is 17.0 Å². The molecular formula is C26H39ClN2O3. The van der Waals surface area contributed by atoms with Gasteiger partial charge in [0.1, 0.15) is 12.4 Å². The fourth-order valence-electron chi connectivity index (χ4n) is 3.66. The van der Waals surface area contributed by atoms with Crippen LogP contribution in [-0.2, 0) is 21.8 Å². The topological polar surface area (TPSA) is 52.2 Å². The number of nitrogens with zero attached hydrogens (tertiary/aromatic N) is 2. The Kier molecular flexibility index (Phi) is 12.9. The Morgan fingerprint density at radius 1 is 0.938 bits per heavy atom. The molecule has 0 fully saturated rings. The maximum absolute atomic E-state index is 12.9. The number of carbonyl (C=O) groups is 2. The van der Waals surface area contributed by atoms with Crippen molar-refractivity contribution in [3.05, 3.63) is 54.6 Å². The van der Waals surface area contributed by atoms with Crippen LogP contribution in [0.1, 0.15) is 95.3 Å². The summed E-state index contributed by atoms with van der Waals surface area (Å²) in [6.07, 6.45) is 17.0. The third-order valence-electron chi connectivity index (χ3n) is 5.79. The number of unbranched alkanes of at least 4 members (excludes halogenated alkanes) is 8. The summed E-state index contributed by atoms with van der Waals surface area (Å²) in [6, 6.07) is 9.29. The van der Waals surface area contributed by atoms with E-state index in [0.29, 0.717) is 12.0 Å². The van der Waals surface area contributed by atoms with Crippen LogP contribution >= 0.6 is 0 Å². The molecule has 178 valence electrons. The Bertz CT molecular complexity index is 802. The molecule has 2 rings (SSSR count). The number of hydrogen-bond acceptors (Lipinski definition) is 3. The Hall–Kier alpha value is -2.14. The lowest BCUT2D eigenvalue weighted by Gasteiger charge is -2.19. The molecular weight excluding hydrogens is 424 g/mol. The van der Waals surface area contributed by atoms with Crippen molar-refractivity contribution in [2.45, 2.75) is 97.2 Å². The quantitative estimate of drug-likeness (QED) is 0.177. The highest BCUT2D eigenvalue weighted by molar-refractivity contribution is 6.01. The van der Waals surface area contributed by atoms with Gasteiger partial charge in [-0.1, -0.05) is 88.6 Å². The largest absolute Gasteiger partial charge is 1.00 e. The van der Waals surface area contributed by atoms with E-state index in [1.165, 1.54) is 44.9 Å². The highest BCUT2D eigenvalue weighted by atomic mass is 35.5. The molecule has 1 aromatic heterocycles. The van der Waals surface area contributed by atoms with Crippen molar-refractivity contribution in [1.82, 2.24) is 4.57 Å². The van der Waals surface area contributed by atoms with Gasteiger partial charge in [-0.15, -0.1) is 0 Å². The first-order valence-corrected chi connectivity index (χ1v) is 11.8. The molecule has 0 spiro atoms. The van der Waals surface area contributed by atoms with E-state index in [1.807, 2.05) is 67.5 Å². The predicted octanol–water partition coefficient (Wildman–Crippen LogP) is 2.82. The van der Waals surface area contributed by atoms with E-state index in [-0.39, 0.29) is 30.9 Å². The van der Waals surface area contributed by atoms with Gasteiger partial charge in [-0.3, -0.25) is 9.59 Å². The molecule has 1 aromatic carbocycles. The summed E-state index contributed by atoms with van der Waals surface area (Å²) in [5.74, 6) is -0.124. The van der Waals surface area contributed by atoms with Gasteiger partial charge in [0.05, 0.1) is 0 Å². The third kappa shape index (κ3) is 9.15. The SMILES string of the molecule is CCCCCCCCCCCC(=O)OC[n+]1ccn(C(C)(C)C(=O)c2ccccc2)c1.[Cl-]. The number of benzene rings is 1. The Morgan fingerprint density at radius 3 is 2.16 bits per heavy atom. The highest BCUT2D eigenvalue weighted by Crippen LogP contribution is 2.20. The van der Waals surface area contributed by atoms with Crippen molar-refractivity contribution in [3.63, 3.8) is 0 Å². The molecule has 0 aliphatic heterocycles. The van der Waals surface area contributed by atoms with Gasteiger partial charge in [-0.2, -0.15) is 0 Å². The molecule has 0 amide bonds. The summed E-state index contributed by atoms with van der Waals surface area (Å²) in [6.45, 7) is 6.19. The first-order valence-electron chi connectivity index (χ1n) is 11.8. The number of esters is 1. The zero-order chi connectivity index (χ0) is 22.5. The molecule has 0 N–H and O–H groups in total. The summed E-state index contributed by atoms with van der Waals surface area (Å²) in [7, 11) is 0. The zero-order valence-corrected chi connectivity index (χ0v) is 20.7. The predicted molar refractivity (Wildman–Crippen MR) is 123 cm³/mol. The highest BCUT2D eigenvalue weighted by Gasteiger charge is 2.35. The lowest BCUT2D eigenvalue weighted by atomic mass is 9.93. The minimum absolute atomic E-state index is 0. The number of Topliss-reactive ketones (excluding diaryl/α,β-unsaturated/α-hetero) is 1. The molecule has 0 atom stereocenters. The van der Waals surface area contributed by atoms with Gasteiger partial charge >= 0.3 is 5.97 Å². The van der Waals surface area contributed by atoms with Gasteiger partial charge in [0.25, 0.3) is 0 Å². The molecule has 0 bridgehead atoms. The van der Waals surface area contributed by atoms with Crippen molar-refractivity contribution < 1.29 is 31.3 Å². The number of carbonyl (C=O) groups excluding carboxylic acids is 2. The van der Waals surface area contributed by atoms with Crippen LogP contribution in [0.4, 0.5) is 0 Å². The molecule has 5 nitrogen and oxygen atoms in total. The van der Waals surface area contributed by atoms with E-state index in [4.69, 9.17) is 4.74 Å². The Labute approximate surface area is 199 Å². The second-order valence-corrected chi connectivity index (χ2v) is 8.81. The van der Waals surface area contributed by atoms with Crippen LogP contribution in [0.25, 0.3) is 0 Å². The number of ketones is 1. The van der Waals surface area contributed by atoms with Crippen molar-refractivity contribution in [1.29, 1.82) is 0 Å². The van der Waals surface area contributed by atoms with E-state index in [2.05, 4.69) is 6.92 Å². The van der Waals surface area contributed by atoms with Crippen LogP contribution in [0, 0.1) is 0 Å². The van der Waals surface area contributed by atoms with Gasteiger partial charge in [0.2, 0.25) is 18.8 Å². The van der Waals surface area contributed by atoms with Gasteiger partial charge in [-0.25, -0.2) is 9.13 Å². The van der Waals surface area contributed by atoms with Crippen molar-refractivity contribution >= 4 is 11.8 Å². The second kappa shape index (κ2) is 14.8. The third-order valence-corrected chi connectivity index (χ3v) is 5.79. The van der Waals surface area contributed by atoms with Gasteiger partial charge in [0, 0.05) is 12.0 Å². The normalized spacial score (nSPS) is 11.1. The maximum atomic E-state index is 12.9. The van der Waals surface area contributed by atoms with Gasteiger partial charge in [0.15, 0.2) is 5.54 Å². The summed E-state index contributed by atoms with van der Waals surface area (Å²) in [5.41, 5.74) is -0.0483. The lowest BCUT2D eigenvalue weighted by Crippen LogP contribution is -3.00. The average molecular weight is 463 g/mol. The van der Waals surface area contributed by atoms with Crippen molar-refractivity contribution in [2.24, 2.45) is 0 Å². The van der Waals surface area contributed by atoms with E-state index in [9.17, 15) is 9.59 Å². The average Bonchev–Trinajstić information content (AvgIpc) is 3.26. The number of halogens is 1. The van der Waals surface area contributed by atoms with Gasteiger partial charge < -0.3 is 17.1 Å². The van der Waals surface area contributed by atoms with E-state index in [1.54, 1.807) is 4.57 Å². The second-order valence-electron chi connectivity index (χ2n) is 8.81. The summed E-state index contributed by atoms with van der Waals surface area (Å²) in [5, 5.41) is 0. The van der Waals surface area contributed by atoms with Crippen LogP contribution in [-0.4, -0.2) is 16.3 Å². The van der Waals surface area contributed by atoms with Crippen LogP contribution in [0.5, 0.6) is 0 Å². The molecule has 0 radical (unpaired) electrons. The standard InChI is InChI=1S/C26H39N2O3.ClH/c1-4-5-6-7-8-9-10-11-15-18-24(29)31-22-27-19-20-28(21-27)26(2,3)25(30)23-16-13-12-14-17-23;/h12-14,16-17,19-21H,4-11,15,18,22H2,1-3H3;1H/q+1;/p-1. The molecule has 32 heavy (non-hydrogen) atoms. The minimum atomic E-state index is -0.729. The van der Waals surface area contributed by atoms with Crippen LogP contribution in [0.15, 0.2) is 49.1 Å². The number of aromatic nitrogens is 2. The number of hydrogen-bond donors (Lipinski definition) is 0. The number of imidazole rings is 1. The fraction of sp³-hybridized carbons (Fsp3) is 0.577. The van der Waals surface area contributed by atoms with Crippen LogP contribution in [0.2, 0.25) is 0 Å². The Balaban J connectivity index is 0.00000512. The summed E-state index contributed by atoms with van der Waals surface area (Å²) in [4.78, 5) is 24.9. The molecule has 1 heterocycles. The molecule has 0 aliphatic rings. The summed E-state index contributed by atoms with van der Waals surface area (Å²) >= 11 is 0. The smallest absolute Gasteiger partial charge is 0.308 e.